The van der Waals surface area contributed by atoms with Crippen molar-refractivity contribution in [3.63, 3.8) is 0 Å². The number of nitrogens with zero attached hydrogens (tertiary/aromatic N) is 3. The Labute approximate surface area is 141 Å². The number of carbonyl (C=O) groups is 2. The van der Waals surface area contributed by atoms with Gasteiger partial charge in [0.2, 0.25) is 0 Å². The lowest BCUT2D eigenvalue weighted by Crippen LogP contribution is -2.35. The van der Waals surface area contributed by atoms with E-state index in [9.17, 15) is 22.8 Å². The number of carbonyl (C=O) groups excluding carboxylic acids is 1. The Hall–Kier alpha value is -2.84. The van der Waals surface area contributed by atoms with Gasteiger partial charge >= 0.3 is 12.1 Å². The van der Waals surface area contributed by atoms with E-state index in [0.717, 1.165) is 17.0 Å². The van der Waals surface area contributed by atoms with Crippen LogP contribution in [0.15, 0.2) is 30.5 Å². The molecule has 0 spiro atoms. The molecule has 0 aliphatic carbocycles. The van der Waals surface area contributed by atoms with Crippen LogP contribution in [0.3, 0.4) is 0 Å². The van der Waals surface area contributed by atoms with Crippen molar-refractivity contribution in [2.75, 3.05) is 13.1 Å². The molecule has 1 aromatic carbocycles. The number of amides is 1. The maximum atomic E-state index is 12.8. The molecule has 0 saturated heterocycles. The number of rotatable bonds is 5. The van der Waals surface area contributed by atoms with Gasteiger partial charge in [-0.25, -0.2) is 4.68 Å². The number of aliphatic carboxylic acids is 1. The molecule has 6 nitrogen and oxygen atoms in total. The maximum absolute atomic E-state index is 12.8. The second-order valence-corrected chi connectivity index (χ2v) is 5.32. The first-order valence-electron chi connectivity index (χ1n) is 7.38. The summed E-state index contributed by atoms with van der Waals surface area (Å²) in [7, 11) is 0. The Kier molecular flexibility index (Phi) is 5.15. The highest BCUT2D eigenvalue weighted by atomic mass is 19.4. The van der Waals surface area contributed by atoms with E-state index in [-0.39, 0.29) is 17.8 Å². The summed E-state index contributed by atoms with van der Waals surface area (Å²) in [5, 5.41) is 12.8. The number of aromatic nitrogens is 2. The third kappa shape index (κ3) is 3.98. The Balaban J connectivity index is 2.39. The van der Waals surface area contributed by atoms with E-state index in [1.54, 1.807) is 6.92 Å². The van der Waals surface area contributed by atoms with Crippen molar-refractivity contribution in [3.8, 4) is 5.69 Å². The van der Waals surface area contributed by atoms with Crippen LogP contribution in [0.4, 0.5) is 13.2 Å². The monoisotopic (exact) mass is 355 g/mol. The average molecular weight is 355 g/mol. The highest BCUT2D eigenvalue weighted by molar-refractivity contribution is 5.96. The first kappa shape index (κ1) is 18.5. The highest BCUT2D eigenvalue weighted by Gasteiger charge is 2.31. The molecule has 0 radical (unpaired) electrons. The Bertz CT molecular complexity index is 799. The lowest BCUT2D eigenvalue weighted by molar-refractivity contribution is -0.138. The number of hydrogen-bond donors (Lipinski definition) is 1. The summed E-state index contributed by atoms with van der Waals surface area (Å²) in [4.78, 5) is 24.4. The number of carboxylic acid groups (broad SMARTS) is 1. The van der Waals surface area contributed by atoms with Crippen LogP contribution < -0.4 is 0 Å². The molecule has 0 aliphatic rings. The topological polar surface area (TPSA) is 75.4 Å². The standard InChI is InChI=1S/C16H16F3N3O3/c1-3-21(9-14(23)24)15(25)13-8-20-22(10(13)2)12-6-4-5-11(7-12)16(17,18)19/h4-8H,3,9H2,1-2H3,(H,23,24). The molecule has 25 heavy (non-hydrogen) atoms. The van der Waals surface area contributed by atoms with Crippen molar-refractivity contribution >= 4 is 11.9 Å². The number of halogens is 3. The first-order chi connectivity index (χ1) is 11.6. The molecule has 0 fully saturated rings. The van der Waals surface area contributed by atoms with Crippen molar-refractivity contribution in [3.05, 3.63) is 47.3 Å². The second kappa shape index (κ2) is 6.96. The number of hydrogen-bond acceptors (Lipinski definition) is 3. The summed E-state index contributed by atoms with van der Waals surface area (Å²) in [5.41, 5.74) is -0.199. The number of benzene rings is 1. The van der Waals surface area contributed by atoms with Gasteiger partial charge in [0, 0.05) is 6.54 Å². The number of alkyl halides is 3. The van der Waals surface area contributed by atoms with E-state index < -0.39 is 30.2 Å². The zero-order chi connectivity index (χ0) is 18.8. The van der Waals surface area contributed by atoms with E-state index in [2.05, 4.69) is 5.10 Å². The minimum absolute atomic E-state index is 0.139. The maximum Gasteiger partial charge on any atom is 0.416 e. The van der Waals surface area contributed by atoms with Crippen molar-refractivity contribution in [1.82, 2.24) is 14.7 Å². The Morgan fingerprint density at radius 3 is 2.56 bits per heavy atom. The Morgan fingerprint density at radius 2 is 2.00 bits per heavy atom. The summed E-state index contributed by atoms with van der Waals surface area (Å²) in [6, 6.07) is 4.57. The van der Waals surface area contributed by atoms with Gasteiger partial charge in [0.15, 0.2) is 0 Å². The molecule has 0 aliphatic heterocycles. The van der Waals surface area contributed by atoms with Crippen molar-refractivity contribution in [2.24, 2.45) is 0 Å². The number of likely N-dealkylation sites (N-methyl/N-ethyl adjacent to an activating group) is 1. The summed E-state index contributed by atoms with van der Waals surface area (Å²) in [6.45, 7) is 2.88. The third-order valence-corrected chi connectivity index (χ3v) is 3.65. The van der Waals surface area contributed by atoms with Crippen LogP contribution in [0.5, 0.6) is 0 Å². The summed E-state index contributed by atoms with van der Waals surface area (Å²) < 4.78 is 39.8. The summed E-state index contributed by atoms with van der Waals surface area (Å²) in [6.07, 6.45) is -3.27. The molecule has 1 heterocycles. The minimum atomic E-state index is -4.49. The van der Waals surface area contributed by atoms with Crippen molar-refractivity contribution < 1.29 is 27.9 Å². The largest absolute Gasteiger partial charge is 0.480 e. The molecule has 0 bridgehead atoms. The third-order valence-electron chi connectivity index (χ3n) is 3.65. The lowest BCUT2D eigenvalue weighted by Gasteiger charge is -2.18. The molecule has 2 rings (SSSR count). The fourth-order valence-electron chi connectivity index (χ4n) is 2.35. The van der Waals surface area contributed by atoms with Crippen LogP contribution in [0.25, 0.3) is 5.69 Å². The fourth-order valence-corrected chi connectivity index (χ4v) is 2.35. The normalized spacial score (nSPS) is 11.4. The van der Waals surface area contributed by atoms with Crippen LogP contribution in [-0.2, 0) is 11.0 Å². The van der Waals surface area contributed by atoms with Gasteiger partial charge in [-0.05, 0) is 32.0 Å². The number of carboxylic acids is 1. The Morgan fingerprint density at radius 1 is 1.32 bits per heavy atom. The lowest BCUT2D eigenvalue weighted by atomic mass is 10.2. The molecule has 2 aromatic rings. The predicted octanol–water partition coefficient (Wildman–Crippen LogP) is 2.75. The molecule has 0 atom stereocenters. The van der Waals surface area contributed by atoms with Gasteiger partial charge in [0.05, 0.1) is 28.7 Å². The molecule has 0 saturated carbocycles. The molecule has 9 heteroatoms. The van der Waals surface area contributed by atoms with Crippen LogP contribution in [-0.4, -0.2) is 44.8 Å². The van der Waals surface area contributed by atoms with Crippen molar-refractivity contribution in [2.45, 2.75) is 20.0 Å². The van der Waals surface area contributed by atoms with Gasteiger partial charge in [0.25, 0.3) is 5.91 Å². The van der Waals surface area contributed by atoms with Crippen LogP contribution in [0, 0.1) is 6.92 Å². The smallest absolute Gasteiger partial charge is 0.416 e. The average Bonchev–Trinajstić information content (AvgIpc) is 2.92. The van der Waals surface area contributed by atoms with E-state index >= 15 is 0 Å². The molecule has 1 N–H and O–H groups in total. The second-order valence-electron chi connectivity index (χ2n) is 5.32. The predicted molar refractivity (Wildman–Crippen MR) is 82.5 cm³/mol. The van der Waals surface area contributed by atoms with Gasteiger partial charge in [-0.3, -0.25) is 9.59 Å². The summed E-state index contributed by atoms with van der Waals surface area (Å²) >= 11 is 0. The molecule has 0 unspecified atom stereocenters. The fraction of sp³-hybridized carbons (Fsp3) is 0.312. The van der Waals surface area contributed by atoms with E-state index in [1.165, 1.54) is 29.9 Å². The van der Waals surface area contributed by atoms with E-state index in [0.29, 0.717) is 5.69 Å². The molecular weight excluding hydrogens is 339 g/mol. The zero-order valence-corrected chi connectivity index (χ0v) is 13.5. The van der Waals surface area contributed by atoms with E-state index in [4.69, 9.17) is 5.11 Å². The molecule has 1 amide bonds. The van der Waals surface area contributed by atoms with Crippen LogP contribution >= 0.6 is 0 Å². The molecule has 134 valence electrons. The van der Waals surface area contributed by atoms with Gasteiger partial charge in [-0.1, -0.05) is 6.07 Å². The first-order valence-corrected chi connectivity index (χ1v) is 7.38. The van der Waals surface area contributed by atoms with Crippen molar-refractivity contribution in [1.29, 1.82) is 0 Å². The van der Waals surface area contributed by atoms with Gasteiger partial charge in [-0.15, -0.1) is 0 Å². The zero-order valence-electron chi connectivity index (χ0n) is 13.5. The van der Waals surface area contributed by atoms with Crippen LogP contribution in [0.2, 0.25) is 0 Å². The minimum Gasteiger partial charge on any atom is -0.480 e. The van der Waals surface area contributed by atoms with Gasteiger partial charge in [-0.2, -0.15) is 18.3 Å². The molecular formula is C16H16F3N3O3. The molecule has 1 aromatic heterocycles. The van der Waals surface area contributed by atoms with Gasteiger partial charge in [0.1, 0.15) is 6.54 Å². The van der Waals surface area contributed by atoms with E-state index in [1.807, 2.05) is 0 Å². The van der Waals surface area contributed by atoms with Crippen LogP contribution in [0.1, 0.15) is 28.5 Å². The van der Waals surface area contributed by atoms with Gasteiger partial charge < -0.3 is 10.0 Å². The SMILES string of the molecule is CCN(CC(=O)O)C(=O)c1cnn(-c2cccc(C(F)(F)F)c2)c1C. The summed E-state index contributed by atoms with van der Waals surface area (Å²) in [5.74, 6) is -1.70. The quantitative estimate of drug-likeness (QED) is 0.895. The highest BCUT2D eigenvalue weighted by Crippen LogP contribution is 2.30.